The fraction of sp³-hybridized carbons (Fsp3) is 0.400. The number of hydrogen-bond acceptors (Lipinski definition) is 4. The molecule has 0 fully saturated rings. The van der Waals surface area contributed by atoms with Crippen LogP contribution in [0, 0.1) is 6.92 Å². The summed E-state index contributed by atoms with van der Waals surface area (Å²) in [5.74, 6) is 0.161. The highest BCUT2D eigenvalue weighted by Gasteiger charge is 2.15. The first-order valence-corrected chi connectivity index (χ1v) is 5.53. The average molecular weight is 243 g/mol. The molecule has 16 heavy (non-hydrogen) atoms. The maximum absolute atomic E-state index is 9.30. The summed E-state index contributed by atoms with van der Waals surface area (Å²) in [5, 5.41) is 30.5. The number of halogens is 1. The lowest BCUT2D eigenvalue weighted by Gasteiger charge is -2.14. The quantitative estimate of drug-likeness (QED) is 0.423. The molecule has 0 radical (unpaired) electrons. The molecule has 1 aromatic rings. The molecule has 0 spiro atoms. The number of alkyl halides is 1. The Morgan fingerprint density at radius 3 is 2.69 bits per heavy atom. The molecule has 0 aromatic heterocycles. The maximum atomic E-state index is 9.30. The monoisotopic (exact) mass is 243 g/mol. The minimum atomic E-state index is -1.49. The molecule has 0 aliphatic rings. The molecule has 88 valence electrons. The Kier molecular flexibility index (Phi) is 5.08. The summed E-state index contributed by atoms with van der Waals surface area (Å²) < 4.78 is 0. The summed E-state index contributed by atoms with van der Waals surface area (Å²) in [6.07, 6.45) is -0.622. The van der Waals surface area contributed by atoms with Gasteiger partial charge in [0.05, 0.1) is 12.0 Å². The Hall–Kier alpha value is -0.745. The highest BCUT2D eigenvalue weighted by molar-refractivity contribution is 6.59. The van der Waals surface area contributed by atoms with Crippen LogP contribution in [0.5, 0.6) is 0 Å². The van der Waals surface area contributed by atoms with E-state index in [1.54, 1.807) is 19.1 Å². The van der Waals surface area contributed by atoms with Crippen LogP contribution in [-0.2, 0) is 0 Å². The smallest absolute Gasteiger partial charge is 0.423 e. The van der Waals surface area contributed by atoms with Gasteiger partial charge in [0, 0.05) is 12.2 Å². The van der Waals surface area contributed by atoms with Crippen molar-refractivity contribution in [2.45, 2.75) is 13.0 Å². The second-order valence-corrected chi connectivity index (χ2v) is 3.89. The highest BCUT2D eigenvalue weighted by atomic mass is 35.5. The minimum Gasteiger partial charge on any atom is -0.423 e. The summed E-state index contributed by atoms with van der Waals surface area (Å²) in [4.78, 5) is 0. The van der Waals surface area contributed by atoms with Gasteiger partial charge in [-0.2, -0.15) is 0 Å². The van der Waals surface area contributed by atoms with Crippen LogP contribution < -0.4 is 10.8 Å². The third-order valence-corrected chi connectivity index (χ3v) is 2.72. The van der Waals surface area contributed by atoms with Gasteiger partial charge in [0.2, 0.25) is 0 Å². The number of nitrogens with one attached hydrogen (secondary N) is 1. The van der Waals surface area contributed by atoms with Gasteiger partial charge in [-0.3, -0.25) is 0 Å². The molecule has 1 unspecified atom stereocenters. The Balaban J connectivity index is 2.77. The van der Waals surface area contributed by atoms with Crippen LogP contribution in [0.15, 0.2) is 18.2 Å². The van der Waals surface area contributed by atoms with Crippen molar-refractivity contribution in [3.63, 3.8) is 0 Å². The van der Waals surface area contributed by atoms with Gasteiger partial charge in [-0.1, -0.05) is 12.1 Å². The van der Waals surface area contributed by atoms with E-state index in [2.05, 4.69) is 5.32 Å². The molecule has 0 aliphatic carbocycles. The van der Waals surface area contributed by atoms with Crippen molar-refractivity contribution in [2.24, 2.45) is 0 Å². The van der Waals surface area contributed by atoms with E-state index in [0.29, 0.717) is 12.0 Å². The SMILES string of the molecule is Cc1c(NCC(O)CCl)cccc1B(O)O. The molecule has 0 saturated carbocycles. The van der Waals surface area contributed by atoms with E-state index in [0.717, 1.165) is 11.3 Å². The van der Waals surface area contributed by atoms with Crippen molar-refractivity contribution in [1.29, 1.82) is 0 Å². The van der Waals surface area contributed by atoms with Crippen molar-refractivity contribution < 1.29 is 15.2 Å². The number of aliphatic hydroxyl groups excluding tert-OH is 1. The fourth-order valence-electron chi connectivity index (χ4n) is 1.41. The fourth-order valence-corrected chi connectivity index (χ4v) is 1.52. The second kappa shape index (κ2) is 6.10. The maximum Gasteiger partial charge on any atom is 0.488 e. The van der Waals surface area contributed by atoms with Crippen LogP contribution in [0.25, 0.3) is 0 Å². The van der Waals surface area contributed by atoms with Gasteiger partial charge in [0.15, 0.2) is 0 Å². The van der Waals surface area contributed by atoms with Crippen molar-refractivity contribution in [3.05, 3.63) is 23.8 Å². The van der Waals surface area contributed by atoms with Gasteiger partial charge in [-0.25, -0.2) is 0 Å². The molecule has 0 heterocycles. The average Bonchev–Trinajstić information content (AvgIpc) is 2.26. The Labute approximate surface area is 100 Å². The van der Waals surface area contributed by atoms with Crippen molar-refractivity contribution in [1.82, 2.24) is 0 Å². The van der Waals surface area contributed by atoms with Gasteiger partial charge in [-0.15, -0.1) is 11.6 Å². The largest absolute Gasteiger partial charge is 0.488 e. The lowest BCUT2D eigenvalue weighted by molar-refractivity contribution is 0.211. The number of rotatable bonds is 5. The summed E-state index contributed by atoms with van der Waals surface area (Å²) in [6.45, 7) is 2.11. The van der Waals surface area contributed by atoms with Crippen LogP contribution in [0.3, 0.4) is 0 Å². The highest BCUT2D eigenvalue weighted by Crippen LogP contribution is 2.12. The number of aliphatic hydroxyl groups is 1. The van der Waals surface area contributed by atoms with E-state index in [1.165, 1.54) is 0 Å². The molecule has 1 rings (SSSR count). The summed E-state index contributed by atoms with van der Waals surface area (Å²) in [7, 11) is -1.49. The number of benzene rings is 1. The van der Waals surface area contributed by atoms with E-state index >= 15 is 0 Å². The molecule has 0 aliphatic heterocycles. The number of hydrogen-bond donors (Lipinski definition) is 4. The summed E-state index contributed by atoms with van der Waals surface area (Å²) >= 11 is 5.47. The molecule has 1 aromatic carbocycles. The molecular formula is C10H15BClNO3. The molecule has 0 saturated heterocycles. The van der Waals surface area contributed by atoms with Crippen molar-refractivity contribution in [3.8, 4) is 0 Å². The first-order valence-electron chi connectivity index (χ1n) is 4.99. The van der Waals surface area contributed by atoms with Gasteiger partial charge in [0.1, 0.15) is 0 Å². The van der Waals surface area contributed by atoms with Crippen LogP contribution in [-0.4, -0.2) is 40.8 Å². The molecule has 0 amide bonds. The Morgan fingerprint density at radius 1 is 1.44 bits per heavy atom. The predicted molar refractivity (Wildman–Crippen MR) is 66.2 cm³/mol. The van der Waals surface area contributed by atoms with Crippen LogP contribution >= 0.6 is 11.6 Å². The van der Waals surface area contributed by atoms with Gasteiger partial charge >= 0.3 is 7.12 Å². The van der Waals surface area contributed by atoms with E-state index in [-0.39, 0.29) is 5.88 Å². The first-order chi connectivity index (χ1) is 7.56. The Morgan fingerprint density at radius 2 is 2.12 bits per heavy atom. The predicted octanol–water partition coefficient (Wildman–Crippen LogP) is -0.314. The lowest BCUT2D eigenvalue weighted by atomic mass is 9.77. The Bertz CT molecular complexity index is 349. The van der Waals surface area contributed by atoms with Crippen LogP contribution in [0.2, 0.25) is 0 Å². The minimum absolute atomic E-state index is 0.161. The topological polar surface area (TPSA) is 72.7 Å². The molecule has 4 nitrogen and oxygen atoms in total. The van der Waals surface area contributed by atoms with Gasteiger partial charge in [0.25, 0.3) is 0 Å². The third-order valence-electron chi connectivity index (χ3n) is 2.36. The van der Waals surface area contributed by atoms with E-state index < -0.39 is 13.2 Å². The zero-order valence-corrected chi connectivity index (χ0v) is 9.78. The molecule has 6 heteroatoms. The lowest BCUT2D eigenvalue weighted by Crippen LogP contribution is -2.33. The standard InChI is InChI=1S/C10H15BClNO3/c1-7-9(11(15)16)3-2-4-10(7)13-6-8(14)5-12/h2-4,8,13-16H,5-6H2,1H3. The third kappa shape index (κ3) is 3.38. The van der Waals surface area contributed by atoms with E-state index in [4.69, 9.17) is 21.6 Å². The molecule has 1 atom stereocenters. The summed E-state index contributed by atoms with van der Waals surface area (Å²) in [5.41, 5.74) is 1.96. The second-order valence-electron chi connectivity index (χ2n) is 3.58. The van der Waals surface area contributed by atoms with Crippen molar-refractivity contribution in [2.75, 3.05) is 17.7 Å². The van der Waals surface area contributed by atoms with E-state index in [1.807, 2.05) is 6.07 Å². The van der Waals surface area contributed by atoms with Crippen LogP contribution in [0.4, 0.5) is 5.69 Å². The van der Waals surface area contributed by atoms with Crippen LogP contribution in [0.1, 0.15) is 5.56 Å². The van der Waals surface area contributed by atoms with Gasteiger partial charge in [-0.05, 0) is 24.0 Å². The summed E-state index contributed by atoms with van der Waals surface area (Å²) in [6, 6.07) is 5.17. The molecule has 4 N–H and O–H groups in total. The zero-order valence-electron chi connectivity index (χ0n) is 9.02. The van der Waals surface area contributed by atoms with E-state index in [9.17, 15) is 5.11 Å². The zero-order chi connectivity index (χ0) is 12.1. The molecule has 0 bridgehead atoms. The number of anilines is 1. The van der Waals surface area contributed by atoms with Crippen molar-refractivity contribution >= 4 is 29.9 Å². The first kappa shape index (κ1) is 13.3. The normalized spacial score (nSPS) is 12.3. The van der Waals surface area contributed by atoms with Gasteiger partial charge < -0.3 is 20.5 Å². The molecular weight excluding hydrogens is 228 g/mol.